The fourth-order valence-corrected chi connectivity index (χ4v) is 2.51. The first-order valence-electron chi connectivity index (χ1n) is 6.85. The van der Waals surface area contributed by atoms with E-state index in [1.165, 1.54) is 0 Å². The van der Waals surface area contributed by atoms with E-state index in [9.17, 15) is 5.11 Å². The number of phenolic OH excluding ortho intramolecular Hbond substituents is 1. The van der Waals surface area contributed by atoms with Crippen molar-refractivity contribution in [2.24, 2.45) is 0 Å². The van der Waals surface area contributed by atoms with Gasteiger partial charge in [-0.3, -0.25) is 5.10 Å². The van der Waals surface area contributed by atoms with Crippen LogP contribution in [0.5, 0.6) is 5.75 Å². The lowest BCUT2D eigenvalue weighted by Gasteiger charge is -2.30. The quantitative estimate of drug-likeness (QED) is 0.768. The van der Waals surface area contributed by atoms with E-state index < -0.39 is 0 Å². The van der Waals surface area contributed by atoms with Gasteiger partial charge in [-0.1, -0.05) is 12.1 Å². The molecule has 3 N–H and O–H groups in total. The van der Waals surface area contributed by atoms with Crippen molar-refractivity contribution < 1.29 is 5.11 Å². The molecule has 2 aromatic rings. The van der Waals surface area contributed by atoms with Crippen LogP contribution in [0.4, 0.5) is 5.95 Å². The Balaban J connectivity index is 1.88. The molecule has 0 unspecified atom stereocenters. The van der Waals surface area contributed by atoms with Gasteiger partial charge in [0.15, 0.2) is 5.82 Å². The van der Waals surface area contributed by atoms with Crippen molar-refractivity contribution in [1.29, 1.82) is 0 Å². The third-order valence-electron chi connectivity index (χ3n) is 3.69. The van der Waals surface area contributed by atoms with Crippen LogP contribution in [0.3, 0.4) is 0 Å². The number of hydrogen-bond acceptors (Lipinski definition) is 5. The first-order chi connectivity index (χ1) is 9.65. The Morgan fingerprint density at radius 1 is 1.40 bits per heavy atom. The van der Waals surface area contributed by atoms with Crippen molar-refractivity contribution in [2.45, 2.75) is 19.9 Å². The van der Waals surface area contributed by atoms with Crippen molar-refractivity contribution in [2.75, 3.05) is 24.5 Å². The van der Waals surface area contributed by atoms with Crippen LogP contribution >= 0.6 is 0 Å². The third-order valence-corrected chi connectivity index (χ3v) is 3.69. The monoisotopic (exact) mass is 273 g/mol. The topological polar surface area (TPSA) is 77.1 Å². The molecule has 0 aliphatic carbocycles. The van der Waals surface area contributed by atoms with E-state index in [1.54, 1.807) is 6.07 Å². The molecule has 1 fully saturated rings. The number of H-pyrrole nitrogens is 1. The van der Waals surface area contributed by atoms with Crippen LogP contribution in [0.25, 0.3) is 11.4 Å². The average Bonchev–Trinajstić information content (AvgIpc) is 2.91. The van der Waals surface area contributed by atoms with Gasteiger partial charge in [0, 0.05) is 36.8 Å². The van der Waals surface area contributed by atoms with Crippen molar-refractivity contribution in [3.05, 3.63) is 23.8 Å². The van der Waals surface area contributed by atoms with Crippen LogP contribution in [-0.2, 0) is 0 Å². The maximum absolute atomic E-state index is 9.77. The lowest BCUT2D eigenvalue weighted by atomic mass is 10.1. The fourth-order valence-electron chi connectivity index (χ4n) is 2.51. The highest BCUT2D eigenvalue weighted by atomic mass is 16.3. The van der Waals surface area contributed by atoms with Gasteiger partial charge >= 0.3 is 0 Å². The lowest BCUT2D eigenvalue weighted by Crippen LogP contribution is -2.49. The molecule has 6 nitrogen and oxygen atoms in total. The van der Waals surface area contributed by atoms with Gasteiger partial charge in [-0.25, -0.2) is 0 Å². The van der Waals surface area contributed by atoms with Crippen LogP contribution in [0.15, 0.2) is 18.2 Å². The van der Waals surface area contributed by atoms with Crippen molar-refractivity contribution in [3.63, 3.8) is 0 Å². The summed E-state index contributed by atoms with van der Waals surface area (Å²) in [7, 11) is 0. The average molecular weight is 273 g/mol. The molecule has 2 heterocycles. The molecule has 0 bridgehead atoms. The Morgan fingerprint density at radius 2 is 2.25 bits per heavy atom. The van der Waals surface area contributed by atoms with Gasteiger partial charge in [0.2, 0.25) is 5.95 Å². The van der Waals surface area contributed by atoms with Gasteiger partial charge in [0.25, 0.3) is 0 Å². The minimum absolute atomic E-state index is 0.274. The fraction of sp³-hybridized carbons (Fsp3) is 0.429. The molecule has 1 aromatic carbocycles. The van der Waals surface area contributed by atoms with Gasteiger partial charge < -0.3 is 15.3 Å². The number of piperazine rings is 1. The zero-order chi connectivity index (χ0) is 14.1. The maximum Gasteiger partial charge on any atom is 0.245 e. The van der Waals surface area contributed by atoms with Gasteiger partial charge in [0.05, 0.1) is 0 Å². The molecule has 0 spiro atoms. The van der Waals surface area contributed by atoms with E-state index >= 15 is 0 Å². The van der Waals surface area contributed by atoms with Crippen LogP contribution in [0.1, 0.15) is 12.5 Å². The summed E-state index contributed by atoms with van der Waals surface area (Å²) < 4.78 is 0. The van der Waals surface area contributed by atoms with Gasteiger partial charge in [0.1, 0.15) is 5.75 Å². The third kappa shape index (κ3) is 2.34. The molecule has 1 aromatic heterocycles. The van der Waals surface area contributed by atoms with E-state index in [0.717, 1.165) is 36.7 Å². The normalized spacial score (nSPS) is 19.3. The van der Waals surface area contributed by atoms with Crippen LogP contribution < -0.4 is 10.2 Å². The Kier molecular flexibility index (Phi) is 3.31. The molecule has 1 atom stereocenters. The number of nitrogens with zero attached hydrogens (tertiary/aromatic N) is 3. The molecular weight excluding hydrogens is 254 g/mol. The van der Waals surface area contributed by atoms with Gasteiger partial charge in [-0.05, 0) is 19.9 Å². The second-order valence-corrected chi connectivity index (χ2v) is 5.23. The number of aromatic hydroxyl groups is 1. The number of aromatic amines is 1. The van der Waals surface area contributed by atoms with Crippen molar-refractivity contribution in [1.82, 2.24) is 20.5 Å². The number of phenols is 1. The number of hydrogen-bond donors (Lipinski definition) is 3. The summed E-state index contributed by atoms with van der Waals surface area (Å²) >= 11 is 0. The highest BCUT2D eigenvalue weighted by Gasteiger charge is 2.20. The summed E-state index contributed by atoms with van der Waals surface area (Å²) in [6.07, 6.45) is 0. The molecular formula is C14H19N5O. The number of benzene rings is 1. The zero-order valence-electron chi connectivity index (χ0n) is 11.7. The molecule has 1 aliphatic heterocycles. The molecule has 0 saturated carbocycles. The van der Waals surface area contributed by atoms with Crippen molar-refractivity contribution in [3.8, 4) is 17.1 Å². The molecule has 0 radical (unpaired) electrons. The molecule has 20 heavy (non-hydrogen) atoms. The van der Waals surface area contributed by atoms with E-state index in [0.29, 0.717) is 11.9 Å². The van der Waals surface area contributed by atoms with Gasteiger partial charge in [-0.2, -0.15) is 4.98 Å². The predicted octanol–water partition coefficient (Wildman–Crippen LogP) is 1.28. The molecule has 3 rings (SSSR count). The second kappa shape index (κ2) is 5.13. The summed E-state index contributed by atoms with van der Waals surface area (Å²) in [5.41, 5.74) is 1.69. The number of rotatable bonds is 2. The molecule has 106 valence electrons. The molecule has 1 aliphatic rings. The summed E-state index contributed by atoms with van der Waals surface area (Å²) in [5, 5.41) is 20.4. The van der Waals surface area contributed by atoms with Crippen LogP contribution in [-0.4, -0.2) is 46.0 Å². The SMILES string of the molecule is Cc1c(O)cccc1-c1nc(N2CCN[C@@H](C)C2)n[nH]1. The maximum atomic E-state index is 9.77. The Bertz CT molecular complexity index is 609. The van der Waals surface area contributed by atoms with Gasteiger partial charge in [-0.15, -0.1) is 5.10 Å². The number of aromatic nitrogens is 3. The second-order valence-electron chi connectivity index (χ2n) is 5.23. The molecule has 1 saturated heterocycles. The first kappa shape index (κ1) is 12.9. The lowest BCUT2D eigenvalue weighted by molar-refractivity contribution is 0.471. The molecule has 0 amide bonds. The Labute approximate surface area is 117 Å². The Morgan fingerprint density at radius 3 is 3.05 bits per heavy atom. The number of nitrogens with one attached hydrogen (secondary N) is 2. The highest BCUT2D eigenvalue weighted by Crippen LogP contribution is 2.27. The minimum atomic E-state index is 0.274. The predicted molar refractivity (Wildman–Crippen MR) is 77.9 cm³/mol. The highest BCUT2D eigenvalue weighted by molar-refractivity contribution is 5.64. The van der Waals surface area contributed by atoms with E-state index in [4.69, 9.17) is 0 Å². The van der Waals surface area contributed by atoms with E-state index in [-0.39, 0.29) is 5.75 Å². The van der Waals surface area contributed by atoms with Crippen molar-refractivity contribution >= 4 is 5.95 Å². The van der Waals surface area contributed by atoms with Crippen LogP contribution in [0, 0.1) is 6.92 Å². The zero-order valence-corrected chi connectivity index (χ0v) is 11.7. The Hall–Kier alpha value is -2.08. The molecule has 6 heteroatoms. The smallest absolute Gasteiger partial charge is 0.245 e. The largest absolute Gasteiger partial charge is 0.508 e. The van der Waals surface area contributed by atoms with E-state index in [2.05, 4.69) is 32.3 Å². The first-order valence-corrected chi connectivity index (χ1v) is 6.85. The minimum Gasteiger partial charge on any atom is -0.508 e. The van der Waals surface area contributed by atoms with Crippen LogP contribution in [0.2, 0.25) is 0 Å². The summed E-state index contributed by atoms with van der Waals surface area (Å²) in [4.78, 5) is 6.73. The summed E-state index contributed by atoms with van der Waals surface area (Å²) in [6.45, 7) is 6.77. The van der Waals surface area contributed by atoms with E-state index in [1.807, 2.05) is 19.1 Å². The summed E-state index contributed by atoms with van der Waals surface area (Å²) in [6, 6.07) is 5.86. The standard InChI is InChI=1S/C14H19N5O/c1-9-8-19(7-6-15-9)14-16-13(17-18-14)11-4-3-5-12(20)10(11)2/h3-5,9,15,20H,6-8H2,1-2H3,(H,16,17,18)/t9-/m0/s1. The summed E-state index contributed by atoms with van der Waals surface area (Å²) in [5.74, 6) is 1.69. The number of anilines is 1.